The molecule has 3 heteroatoms. The van der Waals surface area contributed by atoms with Crippen LogP contribution in [0.1, 0.15) is 29.2 Å². The first kappa shape index (κ1) is 20.0. The summed E-state index contributed by atoms with van der Waals surface area (Å²) in [5, 5.41) is 14.3. The summed E-state index contributed by atoms with van der Waals surface area (Å²) in [6, 6.07) is 20.3. The first-order valence-corrected chi connectivity index (χ1v) is 9.90. The summed E-state index contributed by atoms with van der Waals surface area (Å²) in [6.07, 6.45) is 1.81. The van der Waals surface area contributed by atoms with Crippen LogP contribution in [-0.2, 0) is 19.4 Å². The van der Waals surface area contributed by atoms with Gasteiger partial charge in [0.15, 0.2) is 11.5 Å². The number of aromatic hydroxyl groups is 1. The van der Waals surface area contributed by atoms with E-state index < -0.39 is 0 Å². The molecule has 0 aliphatic carbocycles. The van der Waals surface area contributed by atoms with E-state index in [0.717, 1.165) is 41.6 Å². The molecule has 3 aromatic carbocycles. The molecule has 0 spiro atoms. The van der Waals surface area contributed by atoms with Crippen LogP contribution in [0.15, 0.2) is 60.7 Å². The predicted molar refractivity (Wildman–Crippen MR) is 116 cm³/mol. The van der Waals surface area contributed by atoms with Gasteiger partial charge in [-0.25, -0.2) is 0 Å². The van der Waals surface area contributed by atoms with Gasteiger partial charge in [-0.05, 0) is 67.2 Å². The van der Waals surface area contributed by atoms with Gasteiger partial charge in [0, 0.05) is 5.56 Å². The summed E-state index contributed by atoms with van der Waals surface area (Å²) in [7, 11) is 1.97. The van der Waals surface area contributed by atoms with Gasteiger partial charge in [-0.3, -0.25) is 0 Å². The molecule has 0 aromatic heterocycles. The zero-order valence-electron chi connectivity index (χ0n) is 17.0. The second-order valence-corrected chi connectivity index (χ2v) is 7.02. The van der Waals surface area contributed by atoms with Gasteiger partial charge in [0.1, 0.15) is 6.61 Å². The lowest BCUT2D eigenvalue weighted by molar-refractivity contribution is 0.289. The molecular formula is C25H29NO2. The van der Waals surface area contributed by atoms with Crippen molar-refractivity contribution in [3.05, 3.63) is 82.9 Å². The number of ether oxygens (including phenoxy) is 1. The lowest BCUT2D eigenvalue weighted by Crippen LogP contribution is -2.11. The number of hydrogen-bond acceptors (Lipinski definition) is 3. The van der Waals surface area contributed by atoms with Gasteiger partial charge in [0.25, 0.3) is 0 Å². The second kappa shape index (κ2) is 9.43. The Hall–Kier alpha value is -2.78. The van der Waals surface area contributed by atoms with Crippen molar-refractivity contribution in [2.75, 3.05) is 13.6 Å². The normalized spacial score (nSPS) is 10.8. The molecule has 0 aliphatic rings. The highest BCUT2D eigenvalue weighted by molar-refractivity contribution is 5.79. The molecule has 2 N–H and O–H groups in total. The van der Waals surface area contributed by atoms with Crippen LogP contribution in [0.4, 0.5) is 0 Å². The maximum atomic E-state index is 11.1. The van der Waals surface area contributed by atoms with Crippen molar-refractivity contribution < 1.29 is 9.84 Å². The molecule has 0 heterocycles. The lowest BCUT2D eigenvalue weighted by atomic mass is 9.90. The molecule has 3 aromatic rings. The third kappa shape index (κ3) is 4.37. The number of benzene rings is 3. The number of nitrogens with one attached hydrogen (secondary N) is 1. The van der Waals surface area contributed by atoms with Crippen molar-refractivity contribution in [2.24, 2.45) is 0 Å². The minimum atomic E-state index is 0.226. The monoisotopic (exact) mass is 375 g/mol. The van der Waals surface area contributed by atoms with Gasteiger partial charge in [0.05, 0.1) is 0 Å². The zero-order valence-corrected chi connectivity index (χ0v) is 17.0. The van der Waals surface area contributed by atoms with Crippen molar-refractivity contribution in [3.8, 4) is 22.6 Å². The molecule has 0 aliphatic heterocycles. The first-order chi connectivity index (χ1) is 13.7. The van der Waals surface area contributed by atoms with E-state index in [1.54, 1.807) is 0 Å². The summed E-state index contributed by atoms with van der Waals surface area (Å²) >= 11 is 0. The van der Waals surface area contributed by atoms with E-state index in [0.29, 0.717) is 12.4 Å². The van der Waals surface area contributed by atoms with Crippen molar-refractivity contribution in [2.45, 2.75) is 33.3 Å². The van der Waals surface area contributed by atoms with Gasteiger partial charge < -0.3 is 15.2 Å². The van der Waals surface area contributed by atoms with Crippen LogP contribution >= 0.6 is 0 Å². The van der Waals surface area contributed by atoms with E-state index >= 15 is 0 Å². The van der Waals surface area contributed by atoms with Gasteiger partial charge in [-0.15, -0.1) is 0 Å². The minimum Gasteiger partial charge on any atom is -0.504 e. The van der Waals surface area contributed by atoms with Gasteiger partial charge in [-0.2, -0.15) is 0 Å². The third-order valence-corrected chi connectivity index (χ3v) is 5.20. The second-order valence-electron chi connectivity index (χ2n) is 7.02. The quantitative estimate of drug-likeness (QED) is 0.563. The number of likely N-dealkylation sites (N-methyl/N-ethyl adjacent to an activating group) is 1. The summed E-state index contributed by atoms with van der Waals surface area (Å²) in [5.41, 5.74) is 6.67. The average Bonchev–Trinajstić information content (AvgIpc) is 2.73. The number of phenols is 1. The highest BCUT2D eigenvalue weighted by Crippen LogP contribution is 2.42. The highest BCUT2D eigenvalue weighted by atomic mass is 16.5. The molecule has 0 radical (unpaired) electrons. The maximum Gasteiger partial charge on any atom is 0.165 e. The highest BCUT2D eigenvalue weighted by Gasteiger charge is 2.17. The Bertz CT molecular complexity index is 919. The molecule has 0 bridgehead atoms. The molecule has 0 fully saturated rings. The van der Waals surface area contributed by atoms with Crippen molar-refractivity contribution >= 4 is 0 Å². The SMILES string of the molecule is CCc1ccc(OCc2ccccc2)c(O)c1-c1cccc(CCNC)c1C. The minimum absolute atomic E-state index is 0.226. The zero-order chi connectivity index (χ0) is 19.9. The largest absolute Gasteiger partial charge is 0.504 e. The summed E-state index contributed by atoms with van der Waals surface area (Å²) in [5.74, 6) is 0.750. The average molecular weight is 376 g/mol. The Kier molecular flexibility index (Phi) is 6.72. The molecular weight excluding hydrogens is 346 g/mol. The van der Waals surface area contributed by atoms with Crippen LogP contribution in [0.2, 0.25) is 0 Å². The lowest BCUT2D eigenvalue weighted by Gasteiger charge is -2.18. The molecule has 3 nitrogen and oxygen atoms in total. The topological polar surface area (TPSA) is 41.5 Å². The molecule has 0 unspecified atom stereocenters. The molecule has 0 atom stereocenters. The Morgan fingerprint density at radius 1 is 0.929 bits per heavy atom. The van der Waals surface area contributed by atoms with Crippen LogP contribution in [0.3, 0.4) is 0 Å². The van der Waals surface area contributed by atoms with E-state index in [4.69, 9.17) is 4.74 Å². The van der Waals surface area contributed by atoms with Gasteiger partial charge >= 0.3 is 0 Å². The van der Waals surface area contributed by atoms with Crippen molar-refractivity contribution in [3.63, 3.8) is 0 Å². The van der Waals surface area contributed by atoms with Crippen LogP contribution in [0.25, 0.3) is 11.1 Å². The summed E-state index contributed by atoms with van der Waals surface area (Å²) in [4.78, 5) is 0. The van der Waals surface area contributed by atoms with E-state index in [1.807, 2.05) is 43.4 Å². The molecule has 0 amide bonds. The maximum absolute atomic E-state index is 11.1. The fraction of sp³-hybridized carbons (Fsp3) is 0.280. The molecule has 0 saturated carbocycles. The van der Waals surface area contributed by atoms with Crippen LogP contribution in [-0.4, -0.2) is 18.7 Å². The van der Waals surface area contributed by atoms with Crippen molar-refractivity contribution in [1.29, 1.82) is 0 Å². The van der Waals surface area contributed by atoms with E-state index in [-0.39, 0.29) is 5.75 Å². The van der Waals surface area contributed by atoms with Gasteiger partial charge in [0.2, 0.25) is 0 Å². The predicted octanol–water partition coefficient (Wildman–Crippen LogP) is 5.27. The number of aryl methyl sites for hydroxylation is 1. The molecule has 3 rings (SSSR count). The Morgan fingerprint density at radius 3 is 2.43 bits per heavy atom. The van der Waals surface area contributed by atoms with Crippen LogP contribution in [0, 0.1) is 6.92 Å². The van der Waals surface area contributed by atoms with Crippen LogP contribution < -0.4 is 10.1 Å². The standard InChI is InChI=1S/C25H29NO2/c1-4-20-13-14-23(28-17-19-9-6-5-7-10-19)25(27)24(20)22-12-8-11-21(18(22)2)15-16-26-3/h5-14,26-27H,4,15-17H2,1-3H3. The van der Waals surface area contributed by atoms with Crippen LogP contribution in [0.5, 0.6) is 11.5 Å². The van der Waals surface area contributed by atoms with Gasteiger partial charge in [-0.1, -0.05) is 61.5 Å². The Morgan fingerprint density at radius 2 is 1.71 bits per heavy atom. The fourth-order valence-electron chi connectivity index (χ4n) is 3.55. The van der Waals surface area contributed by atoms with Crippen molar-refractivity contribution in [1.82, 2.24) is 5.32 Å². The summed E-state index contributed by atoms with van der Waals surface area (Å²) in [6.45, 7) is 5.61. The first-order valence-electron chi connectivity index (χ1n) is 9.90. The summed E-state index contributed by atoms with van der Waals surface area (Å²) < 4.78 is 5.96. The number of phenolic OH excluding ortho intramolecular Hbond substituents is 1. The van der Waals surface area contributed by atoms with E-state index in [1.165, 1.54) is 11.1 Å². The third-order valence-electron chi connectivity index (χ3n) is 5.20. The smallest absolute Gasteiger partial charge is 0.165 e. The molecule has 146 valence electrons. The molecule has 0 saturated heterocycles. The Balaban J connectivity index is 1.98. The fourth-order valence-corrected chi connectivity index (χ4v) is 3.55. The Labute approximate surface area is 168 Å². The number of hydrogen-bond donors (Lipinski definition) is 2. The number of rotatable bonds is 8. The van der Waals surface area contributed by atoms with E-state index in [9.17, 15) is 5.11 Å². The molecule has 28 heavy (non-hydrogen) atoms. The van der Waals surface area contributed by atoms with E-state index in [2.05, 4.69) is 43.4 Å².